The molecule has 0 aromatic carbocycles. The largest absolute Gasteiger partial charge is 0.469 e. The number of halogens is 6. The van der Waals surface area contributed by atoms with Crippen molar-refractivity contribution >= 4 is 5.97 Å². The van der Waals surface area contributed by atoms with Crippen LogP contribution in [-0.2, 0) is 9.53 Å². The minimum atomic E-state index is -5.67. The predicted molar refractivity (Wildman–Crippen MR) is 86.7 cm³/mol. The lowest BCUT2D eigenvalue weighted by Crippen LogP contribution is -2.58. The number of hydrogen-bond acceptors (Lipinski definition) is 3. The summed E-state index contributed by atoms with van der Waals surface area (Å²) in [5.41, 5.74) is -4.56. The summed E-state index contributed by atoms with van der Waals surface area (Å²) in [7, 11) is 1.43. The number of methoxy groups -OCH3 is 1. The smallest absolute Gasteiger partial charge is 0.426 e. The lowest BCUT2D eigenvalue weighted by atomic mass is 9.79. The van der Waals surface area contributed by atoms with Gasteiger partial charge in [0.25, 0.3) is 5.60 Å². The van der Waals surface area contributed by atoms with Crippen LogP contribution in [0.25, 0.3) is 0 Å². The molecule has 0 heterocycles. The average molecular weight is 406 g/mol. The molecule has 2 saturated carbocycles. The third-order valence-corrected chi connectivity index (χ3v) is 5.90. The van der Waals surface area contributed by atoms with Gasteiger partial charge in [-0.3, -0.25) is 4.79 Å². The molecule has 0 aromatic heterocycles. The molecule has 9 heteroatoms. The number of carbonyl (C=O) groups is 1. The quantitative estimate of drug-likeness (QED) is 0.500. The van der Waals surface area contributed by atoms with Gasteiger partial charge in [-0.15, -0.1) is 0 Å². The van der Waals surface area contributed by atoms with Crippen LogP contribution in [0.15, 0.2) is 0 Å². The van der Waals surface area contributed by atoms with E-state index in [-0.39, 0.29) is 23.7 Å². The van der Waals surface area contributed by atoms with Crippen molar-refractivity contribution in [3.05, 3.63) is 0 Å². The summed E-state index contributed by atoms with van der Waals surface area (Å²) < 4.78 is 79.7. The van der Waals surface area contributed by atoms with Crippen molar-refractivity contribution in [1.29, 1.82) is 0 Å². The number of carbonyl (C=O) groups excluding carboxylic acids is 1. The van der Waals surface area contributed by atoms with Crippen LogP contribution >= 0.6 is 0 Å². The van der Waals surface area contributed by atoms with Gasteiger partial charge in [-0.05, 0) is 56.3 Å². The van der Waals surface area contributed by atoms with Crippen LogP contribution in [0.1, 0.15) is 58.8 Å². The van der Waals surface area contributed by atoms with Gasteiger partial charge in [-0.25, -0.2) is 0 Å². The van der Waals surface area contributed by atoms with Crippen LogP contribution in [-0.4, -0.2) is 36.1 Å². The van der Waals surface area contributed by atoms with Gasteiger partial charge in [-0.2, -0.15) is 26.3 Å². The molecular formula is C18H28F6O3. The standard InChI is InChI=1S/C11H14F6O.C7H14O2/c12-10(13,14)9(18,11(15,16)17)5-8-4-6-1-2-7(8)3-6;1-4-6(5-2)7(8)9-3/h6-8,18H,1-5H2;6H,4-5H2,1-3H3. The highest BCUT2D eigenvalue weighted by atomic mass is 19.4. The molecule has 0 aromatic rings. The summed E-state index contributed by atoms with van der Waals surface area (Å²) in [4.78, 5) is 10.8. The predicted octanol–water partition coefficient (Wildman–Crippen LogP) is 5.26. The third kappa shape index (κ3) is 5.51. The fourth-order valence-corrected chi connectivity index (χ4v) is 4.19. The first kappa shape index (κ1) is 24.0. The number of hydrogen-bond donors (Lipinski definition) is 1. The van der Waals surface area contributed by atoms with E-state index in [1.165, 1.54) is 7.11 Å². The van der Waals surface area contributed by atoms with Gasteiger partial charge in [0.1, 0.15) is 0 Å². The van der Waals surface area contributed by atoms with E-state index in [4.69, 9.17) is 5.11 Å². The second-order valence-corrected chi connectivity index (χ2v) is 7.53. The first-order chi connectivity index (χ1) is 12.3. The second kappa shape index (κ2) is 9.01. The fraction of sp³-hybridized carbons (Fsp3) is 0.944. The number of ether oxygens (including phenoxy) is 1. The van der Waals surface area contributed by atoms with Crippen LogP contribution in [0.2, 0.25) is 0 Å². The maximum absolute atomic E-state index is 12.5. The Bertz CT molecular complexity index is 470. The van der Waals surface area contributed by atoms with E-state index in [9.17, 15) is 31.1 Å². The summed E-state index contributed by atoms with van der Waals surface area (Å²) in [5, 5.41) is 9.12. The Labute approximate surface area is 155 Å². The molecule has 3 atom stereocenters. The molecule has 0 amide bonds. The highest BCUT2D eigenvalue weighted by Gasteiger charge is 2.71. The van der Waals surface area contributed by atoms with E-state index in [2.05, 4.69) is 4.74 Å². The summed E-state index contributed by atoms with van der Waals surface area (Å²) in [6.07, 6.45) is -8.19. The molecule has 1 N–H and O–H groups in total. The van der Waals surface area contributed by atoms with Crippen LogP contribution in [0.5, 0.6) is 0 Å². The van der Waals surface area contributed by atoms with Gasteiger partial charge in [0.15, 0.2) is 0 Å². The molecule has 2 bridgehead atoms. The van der Waals surface area contributed by atoms with Gasteiger partial charge < -0.3 is 9.84 Å². The molecule has 0 aliphatic heterocycles. The van der Waals surface area contributed by atoms with E-state index in [0.29, 0.717) is 19.3 Å². The fourth-order valence-electron chi connectivity index (χ4n) is 4.19. The molecule has 0 saturated heterocycles. The number of esters is 1. The maximum atomic E-state index is 12.5. The summed E-state index contributed by atoms with van der Waals surface area (Å²) >= 11 is 0. The van der Waals surface area contributed by atoms with E-state index < -0.39 is 30.3 Å². The first-order valence-corrected chi connectivity index (χ1v) is 9.24. The van der Waals surface area contributed by atoms with Gasteiger partial charge in [0, 0.05) is 0 Å². The maximum Gasteiger partial charge on any atom is 0.426 e. The zero-order valence-electron chi connectivity index (χ0n) is 15.8. The Balaban J connectivity index is 0.000000345. The van der Waals surface area contributed by atoms with Crippen LogP contribution in [0, 0.1) is 23.7 Å². The van der Waals surface area contributed by atoms with Gasteiger partial charge in [0.05, 0.1) is 13.0 Å². The van der Waals surface area contributed by atoms with E-state index in [1.807, 2.05) is 13.8 Å². The first-order valence-electron chi connectivity index (χ1n) is 9.24. The van der Waals surface area contributed by atoms with Crippen molar-refractivity contribution in [3.8, 4) is 0 Å². The zero-order chi connectivity index (χ0) is 21.0. The number of aliphatic hydroxyl groups is 1. The van der Waals surface area contributed by atoms with Crippen molar-refractivity contribution in [3.63, 3.8) is 0 Å². The molecule has 2 aliphatic carbocycles. The lowest BCUT2D eigenvalue weighted by molar-refractivity contribution is -0.373. The van der Waals surface area contributed by atoms with Crippen LogP contribution < -0.4 is 0 Å². The Kier molecular flexibility index (Phi) is 8.02. The van der Waals surface area contributed by atoms with Crippen molar-refractivity contribution in [1.82, 2.24) is 0 Å². The molecule has 0 radical (unpaired) electrons. The molecule has 2 aliphatic rings. The molecule has 2 rings (SSSR count). The number of rotatable bonds is 5. The van der Waals surface area contributed by atoms with Gasteiger partial charge in [0.2, 0.25) is 0 Å². The van der Waals surface area contributed by atoms with E-state index in [1.54, 1.807) is 0 Å². The molecule has 27 heavy (non-hydrogen) atoms. The Morgan fingerprint density at radius 2 is 1.56 bits per heavy atom. The molecule has 160 valence electrons. The number of fused-ring (bicyclic) bond motifs is 2. The SMILES string of the molecule is CCC(CC)C(=O)OC.OC(CC1CC2CCC1C2)(C(F)(F)F)C(F)(F)F. The van der Waals surface area contributed by atoms with Crippen LogP contribution in [0.4, 0.5) is 26.3 Å². The molecular weight excluding hydrogens is 378 g/mol. The zero-order valence-corrected chi connectivity index (χ0v) is 15.8. The normalized spacial score (nSPS) is 25.4. The Morgan fingerprint density at radius 1 is 1.04 bits per heavy atom. The average Bonchev–Trinajstić information content (AvgIpc) is 3.17. The van der Waals surface area contributed by atoms with Crippen LogP contribution in [0.3, 0.4) is 0 Å². The Morgan fingerprint density at radius 3 is 1.81 bits per heavy atom. The highest BCUT2D eigenvalue weighted by molar-refractivity contribution is 5.71. The minimum absolute atomic E-state index is 0.0833. The second-order valence-electron chi connectivity index (χ2n) is 7.53. The molecule has 3 nitrogen and oxygen atoms in total. The molecule has 2 fully saturated rings. The van der Waals surface area contributed by atoms with Crippen molar-refractivity contribution in [2.45, 2.75) is 76.7 Å². The van der Waals surface area contributed by atoms with E-state index >= 15 is 0 Å². The van der Waals surface area contributed by atoms with Crippen molar-refractivity contribution < 1.29 is 41.0 Å². The van der Waals surface area contributed by atoms with Crippen molar-refractivity contribution in [2.24, 2.45) is 23.7 Å². The third-order valence-electron chi connectivity index (χ3n) is 5.90. The summed E-state index contributed by atoms with van der Waals surface area (Å²) in [5.74, 6) is -0.496. The van der Waals surface area contributed by atoms with Gasteiger partial charge >= 0.3 is 18.3 Å². The highest BCUT2D eigenvalue weighted by Crippen LogP contribution is 2.55. The topological polar surface area (TPSA) is 46.5 Å². The summed E-state index contributed by atoms with van der Waals surface area (Å²) in [6.45, 7) is 3.98. The minimum Gasteiger partial charge on any atom is -0.469 e. The van der Waals surface area contributed by atoms with Crippen molar-refractivity contribution in [2.75, 3.05) is 7.11 Å². The molecule has 0 spiro atoms. The Hall–Kier alpha value is -0.990. The lowest BCUT2D eigenvalue weighted by Gasteiger charge is -2.36. The molecule has 3 unspecified atom stereocenters. The summed E-state index contributed by atoms with van der Waals surface area (Å²) in [6, 6.07) is 0. The van der Waals surface area contributed by atoms with E-state index in [0.717, 1.165) is 19.3 Å². The van der Waals surface area contributed by atoms with Gasteiger partial charge in [-0.1, -0.05) is 20.3 Å². The monoisotopic (exact) mass is 406 g/mol. The number of alkyl halides is 6.